The molecular formula is C13H17N5O. The van der Waals surface area contributed by atoms with Gasteiger partial charge in [-0.2, -0.15) is 5.10 Å². The number of hydrogen-bond donors (Lipinski definition) is 3. The third-order valence-electron chi connectivity index (χ3n) is 2.59. The summed E-state index contributed by atoms with van der Waals surface area (Å²) in [4.78, 5) is 15.4. The maximum Gasteiger partial charge on any atom is 0.221 e. The standard InChI is InChI=1S/C13H17N5O/c1-9(19)15-11-5-2-4-10(8-11)13-16-12(17-18-13)6-3-7-14/h2,4-5,8H,3,6-7,14H2,1H3,(H,15,19)(H,16,17,18). The summed E-state index contributed by atoms with van der Waals surface area (Å²) in [5, 5.41) is 9.80. The maximum atomic E-state index is 11.0. The zero-order valence-corrected chi connectivity index (χ0v) is 10.8. The zero-order valence-electron chi connectivity index (χ0n) is 10.8. The molecule has 2 rings (SSSR count). The van der Waals surface area contributed by atoms with Gasteiger partial charge in [0.1, 0.15) is 5.82 Å². The minimum absolute atomic E-state index is 0.101. The summed E-state index contributed by atoms with van der Waals surface area (Å²) >= 11 is 0. The Hall–Kier alpha value is -2.21. The highest BCUT2D eigenvalue weighted by atomic mass is 16.1. The molecule has 0 atom stereocenters. The predicted molar refractivity (Wildman–Crippen MR) is 73.5 cm³/mol. The van der Waals surface area contributed by atoms with Crippen LogP contribution in [0, 0.1) is 0 Å². The molecule has 2 aromatic rings. The van der Waals surface area contributed by atoms with Gasteiger partial charge in [0.05, 0.1) is 0 Å². The highest BCUT2D eigenvalue weighted by Gasteiger charge is 2.06. The lowest BCUT2D eigenvalue weighted by Gasteiger charge is -2.02. The Morgan fingerprint density at radius 3 is 3.05 bits per heavy atom. The van der Waals surface area contributed by atoms with Crippen molar-refractivity contribution in [2.75, 3.05) is 11.9 Å². The van der Waals surface area contributed by atoms with Crippen molar-refractivity contribution in [3.8, 4) is 11.4 Å². The molecule has 0 saturated heterocycles. The van der Waals surface area contributed by atoms with Crippen molar-refractivity contribution >= 4 is 11.6 Å². The van der Waals surface area contributed by atoms with E-state index in [2.05, 4.69) is 20.5 Å². The van der Waals surface area contributed by atoms with Crippen LogP contribution in [0.25, 0.3) is 11.4 Å². The number of amides is 1. The van der Waals surface area contributed by atoms with Crippen LogP contribution >= 0.6 is 0 Å². The molecule has 1 amide bonds. The first-order valence-corrected chi connectivity index (χ1v) is 6.18. The molecule has 0 radical (unpaired) electrons. The van der Waals surface area contributed by atoms with E-state index in [-0.39, 0.29) is 5.91 Å². The van der Waals surface area contributed by atoms with Crippen LogP contribution in [0.1, 0.15) is 19.2 Å². The number of aryl methyl sites for hydroxylation is 1. The first kappa shape index (κ1) is 13.2. The van der Waals surface area contributed by atoms with E-state index < -0.39 is 0 Å². The van der Waals surface area contributed by atoms with Crippen molar-refractivity contribution in [2.45, 2.75) is 19.8 Å². The molecule has 0 saturated carbocycles. The van der Waals surface area contributed by atoms with Gasteiger partial charge in [-0.1, -0.05) is 12.1 Å². The van der Waals surface area contributed by atoms with Gasteiger partial charge in [-0.3, -0.25) is 9.89 Å². The number of aromatic nitrogens is 3. The van der Waals surface area contributed by atoms with Gasteiger partial charge in [-0.15, -0.1) is 0 Å². The average molecular weight is 259 g/mol. The Labute approximate surface area is 111 Å². The molecule has 0 aliphatic heterocycles. The topological polar surface area (TPSA) is 96.7 Å². The van der Waals surface area contributed by atoms with Crippen LogP contribution in [0.5, 0.6) is 0 Å². The van der Waals surface area contributed by atoms with Gasteiger partial charge in [-0.25, -0.2) is 4.98 Å². The van der Waals surface area contributed by atoms with Crippen molar-refractivity contribution < 1.29 is 4.79 Å². The van der Waals surface area contributed by atoms with Crippen molar-refractivity contribution in [3.63, 3.8) is 0 Å². The third kappa shape index (κ3) is 3.62. The van der Waals surface area contributed by atoms with E-state index in [4.69, 9.17) is 5.73 Å². The smallest absolute Gasteiger partial charge is 0.221 e. The van der Waals surface area contributed by atoms with Gasteiger partial charge in [0.2, 0.25) is 5.91 Å². The summed E-state index contributed by atoms with van der Waals surface area (Å²) < 4.78 is 0. The number of carbonyl (C=O) groups is 1. The summed E-state index contributed by atoms with van der Waals surface area (Å²) in [5.41, 5.74) is 7.06. The molecular weight excluding hydrogens is 242 g/mol. The molecule has 6 nitrogen and oxygen atoms in total. The van der Waals surface area contributed by atoms with Crippen LogP contribution in [-0.4, -0.2) is 27.6 Å². The summed E-state index contributed by atoms with van der Waals surface area (Å²) in [5.74, 6) is 1.35. The van der Waals surface area contributed by atoms with E-state index in [9.17, 15) is 4.79 Å². The van der Waals surface area contributed by atoms with Gasteiger partial charge in [0, 0.05) is 24.6 Å². The fraction of sp³-hybridized carbons (Fsp3) is 0.308. The maximum absolute atomic E-state index is 11.0. The molecule has 0 bridgehead atoms. The van der Waals surface area contributed by atoms with E-state index >= 15 is 0 Å². The number of carbonyl (C=O) groups excluding carboxylic acids is 1. The van der Waals surface area contributed by atoms with Crippen LogP contribution in [0.2, 0.25) is 0 Å². The Morgan fingerprint density at radius 2 is 2.32 bits per heavy atom. The fourth-order valence-electron chi connectivity index (χ4n) is 1.75. The highest BCUT2D eigenvalue weighted by molar-refractivity contribution is 5.89. The molecule has 100 valence electrons. The van der Waals surface area contributed by atoms with Gasteiger partial charge >= 0.3 is 0 Å². The van der Waals surface area contributed by atoms with E-state index in [0.717, 1.165) is 29.9 Å². The second-order valence-electron chi connectivity index (χ2n) is 4.26. The number of nitrogens with two attached hydrogens (primary N) is 1. The molecule has 0 fully saturated rings. The summed E-state index contributed by atoms with van der Waals surface area (Å²) in [6, 6.07) is 7.43. The van der Waals surface area contributed by atoms with E-state index in [0.29, 0.717) is 12.4 Å². The van der Waals surface area contributed by atoms with E-state index in [1.54, 1.807) is 0 Å². The molecule has 0 spiro atoms. The highest BCUT2D eigenvalue weighted by Crippen LogP contribution is 2.19. The van der Waals surface area contributed by atoms with Crippen LogP contribution in [0.15, 0.2) is 24.3 Å². The number of rotatable bonds is 5. The van der Waals surface area contributed by atoms with E-state index in [1.165, 1.54) is 6.92 Å². The number of nitrogens with one attached hydrogen (secondary N) is 2. The average Bonchev–Trinajstić information content (AvgIpc) is 2.84. The monoisotopic (exact) mass is 259 g/mol. The Kier molecular flexibility index (Phi) is 4.25. The van der Waals surface area contributed by atoms with Crippen molar-refractivity contribution in [2.24, 2.45) is 5.73 Å². The van der Waals surface area contributed by atoms with Gasteiger partial charge in [0.15, 0.2) is 5.82 Å². The number of anilines is 1. The molecule has 4 N–H and O–H groups in total. The zero-order chi connectivity index (χ0) is 13.7. The lowest BCUT2D eigenvalue weighted by molar-refractivity contribution is -0.114. The lowest BCUT2D eigenvalue weighted by Crippen LogP contribution is -2.05. The largest absolute Gasteiger partial charge is 0.330 e. The molecule has 19 heavy (non-hydrogen) atoms. The predicted octanol–water partition coefficient (Wildman–Crippen LogP) is 1.32. The third-order valence-corrected chi connectivity index (χ3v) is 2.59. The minimum atomic E-state index is -0.101. The molecule has 0 aliphatic rings. The quantitative estimate of drug-likeness (QED) is 0.754. The lowest BCUT2D eigenvalue weighted by atomic mass is 10.2. The number of benzene rings is 1. The number of H-pyrrole nitrogens is 1. The summed E-state index contributed by atoms with van der Waals surface area (Å²) in [7, 11) is 0. The van der Waals surface area contributed by atoms with Crippen molar-refractivity contribution in [1.82, 2.24) is 15.2 Å². The van der Waals surface area contributed by atoms with Gasteiger partial charge in [0.25, 0.3) is 0 Å². The van der Waals surface area contributed by atoms with Gasteiger partial charge in [-0.05, 0) is 25.1 Å². The Morgan fingerprint density at radius 1 is 1.47 bits per heavy atom. The SMILES string of the molecule is CC(=O)Nc1cccc(-c2n[nH]c(CCCN)n2)c1. The van der Waals surface area contributed by atoms with Crippen LogP contribution in [0.4, 0.5) is 5.69 Å². The molecule has 0 unspecified atom stereocenters. The number of hydrogen-bond acceptors (Lipinski definition) is 4. The Bertz CT molecular complexity index is 564. The molecule has 1 heterocycles. The van der Waals surface area contributed by atoms with Crippen LogP contribution in [0.3, 0.4) is 0 Å². The molecule has 6 heteroatoms. The molecule has 1 aromatic heterocycles. The minimum Gasteiger partial charge on any atom is -0.330 e. The number of nitrogens with zero attached hydrogens (tertiary/aromatic N) is 2. The van der Waals surface area contributed by atoms with Crippen molar-refractivity contribution in [1.29, 1.82) is 0 Å². The van der Waals surface area contributed by atoms with Gasteiger partial charge < -0.3 is 11.1 Å². The summed E-state index contributed by atoms with van der Waals surface area (Å²) in [6.45, 7) is 2.11. The second-order valence-corrected chi connectivity index (χ2v) is 4.26. The van der Waals surface area contributed by atoms with E-state index in [1.807, 2.05) is 24.3 Å². The Balaban J connectivity index is 2.16. The first-order chi connectivity index (χ1) is 9.19. The first-order valence-electron chi connectivity index (χ1n) is 6.18. The summed E-state index contributed by atoms with van der Waals surface area (Å²) in [6.07, 6.45) is 1.66. The fourth-order valence-corrected chi connectivity index (χ4v) is 1.75. The van der Waals surface area contributed by atoms with Crippen molar-refractivity contribution in [3.05, 3.63) is 30.1 Å². The number of aromatic amines is 1. The molecule has 0 aliphatic carbocycles. The second kappa shape index (κ2) is 6.10. The van der Waals surface area contributed by atoms with Crippen LogP contribution < -0.4 is 11.1 Å². The molecule has 1 aromatic carbocycles. The normalized spacial score (nSPS) is 10.4. The van der Waals surface area contributed by atoms with Crippen LogP contribution in [-0.2, 0) is 11.2 Å².